The molecule has 0 atom stereocenters. The summed E-state index contributed by atoms with van der Waals surface area (Å²) in [5.41, 5.74) is 5.51. The minimum absolute atomic E-state index is 0.159. The molecule has 2 saturated heterocycles. The Morgan fingerprint density at radius 1 is 1.03 bits per heavy atom. The van der Waals surface area contributed by atoms with Crippen LogP contribution in [0.25, 0.3) is 10.9 Å². The molecule has 30 heavy (non-hydrogen) atoms. The van der Waals surface area contributed by atoms with E-state index < -0.39 is 0 Å². The molecule has 1 spiro atoms. The van der Waals surface area contributed by atoms with Gasteiger partial charge in [0.2, 0.25) is 0 Å². The Morgan fingerprint density at radius 3 is 2.77 bits per heavy atom. The average molecular weight is 399 g/mol. The van der Waals surface area contributed by atoms with Crippen LogP contribution >= 0.6 is 0 Å². The zero-order chi connectivity index (χ0) is 20.1. The van der Waals surface area contributed by atoms with Crippen molar-refractivity contribution < 1.29 is 9.53 Å². The molecule has 3 aliphatic rings. The van der Waals surface area contributed by atoms with Crippen molar-refractivity contribution in [2.24, 2.45) is 5.41 Å². The second-order valence-electron chi connectivity index (χ2n) is 8.95. The number of benzene rings is 2. The minimum atomic E-state index is 0.159. The van der Waals surface area contributed by atoms with Gasteiger partial charge in [-0.05, 0) is 30.2 Å². The Bertz CT molecular complexity index is 1140. The highest BCUT2D eigenvalue weighted by Gasteiger charge is 2.45. The van der Waals surface area contributed by atoms with Crippen LogP contribution < -0.4 is 4.90 Å². The number of anilines is 1. The van der Waals surface area contributed by atoms with Gasteiger partial charge < -0.3 is 14.5 Å². The van der Waals surface area contributed by atoms with E-state index in [4.69, 9.17) is 9.72 Å². The predicted molar refractivity (Wildman–Crippen MR) is 117 cm³/mol. The molecule has 1 amide bonds. The summed E-state index contributed by atoms with van der Waals surface area (Å²) in [6.45, 7) is 5.11. The molecule has 152 valence electrons. The van der Waals surface area contributed by atoms with Crippen molar-refractivity contribution in [3.63, 3.8) is 0 Å². The van der Waals surface area contributed by atoms with Crippen LogP contribution in [0.3, 0.4) is 0 Å². The monoisotopic (exact) mass is 399 g/mol. The van der Waals surface area contributed by atoms with Gasteiger partial charge in [0.25, 0.3) is 5.91 Å². The Balaban J connectivity index is 1.19. The van der Waals surface area contributed by atoms with E-state index in [0.29, 0.717) is 18.5 Å². The Labute approximate surface area is 176 Å². The first-order chi connectivity index (χ1) is 14.7. The molecule has 0 aliphatic carbocycles. The van der Waals surface area contributed by atoms with Crippen molar-refractivity contribution in [3.8, 4) is 0 Å². The summed E-state index contributed by atoms with van der Waals surface area (Å²) in [6.07, 6.45) is 1.92. The highest BCUT2D eigenvalue weighted by atomic mass is 16.5. The second kappa shape index (κ2) is 6.81. The van der Waals surface area contributed by atoms with Crippen molar-refractivity contribution in [2.75, 3.05) is 37.7 Å². The maximum absolute atomic E-state index is 13.3. The number of carbonyl (C=O) groups excluding carboxylic acids is 1. The van der Waals surface area contributed by atoms with Crippen LogP contribution in [-0.4, -0.2) is 48.6 Å². The van der Waals surface area contributed by atoms with Gasteiger partial charge in [-0.25, -0.2) is 0 Å². The number of hydrogen-bond acceptors (Lipinski definition) is 4. The van der Waals surface area contributed by atoms with Crippen molar-refractivity contribution >= 4 is 22.5 Å². The lowest BCUT2D eigenvalue weighted by Crippen LogP contribution is -2.44. The standard InChI is InChI=1S/C25H25N3O2/c29-24-23-19(5-3-7-22(23)28-13-11-25(15-28)16-30-17-25)14-27(24)12-10-20-9-8-18-4-1-2-6-21(18)26-20/h1-9H,10-17H2. The maximum atomic E-state index is 13.3. The van der Waals surface area contributed by atoms with Crippen LogP contribution in [0.15, 0.2) is 54.6 Å². The molecule has 3 aromatic rings. The third-order valence-corrected chi connectivity index (χ3v) is 6.88. The lowest BCUT2D eigenvalue weighted by molar-refractivity contribution is -0.0985. The predicted octanol–water partition coefficient (Wildman–Crippen LogP) is 3.66. The summed E-state index contributed by atoms with van der Waals surface area (Å²) in [7, 11) is 0. The van der Waals surface area contributed by atoms with E-state index in [-0.39, 0.29) is 5.91 Å². The number of hydrogen-bond donors (Lipinski definition) is 0. The topological polar surface area (TPSA) is 45.7 Å². The summed E-state index contributed by atoms with van der Waals surface area (Å²) in [6, 6.07) is 18.7. The van der Waals surface area contributed by atoms with Crippen molar-refractivity contribution in [1.29, 1.82) is 0 Å². The van der Waals surface area contributed by atoms with E-state index in [9.17, 15) is 4.79 Å². The van der Waals surface area contributed by atoms with Gasteiger partial charge in [-0.3, -0.25) is 9.78 Å². The van der Waals surface area contributed by atoms with E-state index in [0.717, 1.165) is 72.6 Å². The summed E-state index contributed by atoms with van der Waals surface area (Å²) in [5.74, 6) is 0.159. The second-order valence-corrected chi connectivity index (χ2v) is 8.95. The summed E-state index contributed by atoms with van der Waals surface area (Å²) >= 11 is 0. The van der Waals surface area contributed by atoms with Gasteiger partial charge >= 0.3 is 0 Å². The van der Waals surface area contributed by atoms with Gasteiger partial charge in [0.05, 0.1) is 24.3 Å². The molecule has 5 heteroatoms. The first-order valence-corrected chi connectivity index (χ1v) is 10.8. The van der Waals surface area contributed by atoms with E-state index in [2.05, 4.69) is 41.3 Å². The van der Waals surface area contributed by atoms with Crippen molar-refractivity contribution in [3.05, 3.63) is 71.4 Å². The molecule has 0 N–H and O–H groups in total. The first kappa shape index (κ1) is 17.9. The molecule has 2 fully saturated rings. The van der Waals surface area contributed by atoms with Gasteiger partial charge in [-0.2, -0.15) is 0 Å². The quantitative estimate of drug-likeness (QED) is 0.672. The van der Waals surface area contributed by atoms with E-state index >= 15 is 0 Å². The summed E-state index contributed by atoms with van der Waals surface area (Å²) in [4.78, 5) is 22.4. The highest BCUT2D eigenvalue weighted by molar-refractivity contribution is 6.03. The largest absolute Gasteiger partial charge is 0.380 e. The minimum Gasteiger partial charge on any atom is -0.380 e. The van der Waals surface area contributed by atoms with Crippen LogP contribution in [0, 0.1) is 5.41 Å². The van der Waals surface area contributed by atoms with Gasteiger partial charge in [-0.15, -0.1) is 0 Å². The summed E-state index contributed by atoms with van der Waals surface area (Å²) < 4.78 is 5.47. The molecular weight excluding hydrogens is 374 g/mol. The van der Waals surface area contributed by atoms with E-state index in [1.165, 1.54) is 0 Å². The van der Waals surface area contributed by atoms with Crippen LogP contribution in [0.2, 0.25) is 0 Å². The molecule has 3 aliphatic heterocycles. The molecule has 1 aromatic heterocycles. The Morgan fingerprint density at radius 2 is 1.93 bits per heavy atom. The lowest BCUT2D eigenvalue weighted by atomic mass is 9.85. The number of pyridine rings is 1. The molecule has 0 bridgehead atoms. The SMILES string of the molecule is O=C1c2c(cccc2N2CCC3(COC3)C2)CN1CCc1ccc2ccccc2n1. The fourth-order valence-corrected chi connectivity index (χ4v) is 5.11. The zero-order valence-corrected chi connectivity index (χ0v) is 17.0. The fourth-order valence-electron chi connectivity index (χ4n) is 5.11. The van der Waals surface area contributed by atoms with Crippen molar-refractivity contribution in [2.45, 2.75) is 19.4 Å². The molecule has 0 saturated carbocycles. The number of fused-ring (bicyclic) bond motifs is 2. The number of ether oxygens (including phenoxy) is 1. The van der Waals surface area contributed by atoms with Gasteiger partial charge in [0.15, 0.2) is 0 Å². The van der Waals surface area contributed by atoms with Crippen molar-refractivity contribution in [1.82, 2.24) is 9.88 Å². The Hall–Kier alpha value is -2.92. The number of amides is 1. The Kier molecular flexibility index (Phi) is 4.06. The third kappa shape index (κ3) is 2.88. The van der Waals surface area contributed by atoms with Gasteiger partial charge in [0, 0.05) is 54.8 Å². The molecule has 0 radical (unpaired) electrons. The molecular formula is C25H25N3O2. The maximum Gasteiger partial charge on any atom is 0.256 e. The van der Waals surface area contributed by atoms with Crippen LogP contribution in [0.1, 0.15) is 28.0 Å². The molecule has 0 unspecified atom stereocenters. The van der Waals surface area contributed by atoms with E-state index in [1.807, 2.05) is 23.1 Å². The smallest absolute Gasteiger partial charge is 0.256 e. The zero-order valence-electron chi connectivity index (χ0n) is 17.0. The third-order valence-electron chi connectivity index (χ3n) is 6.88. The number of para-hydroxylation sites is 1. The normalized spacial score (nSPS) is 19.5. The van der Waals surface area contributed by atoms with Crippen LogP contribution in [0.4, 0.5) is 5.69 Å². The number of carbonyl (C=O) groups is 1. The fraction of sp³-hybridized carbons (Fsp3) is 0.360. The van der Waals surface area contributed by atoms with Crippen LogP contribution in [0.5, 0.6) is 0 Å². The lowest BCUT2D eigenvalue weighted by Gasteiger charge is -2.38. The molecule has 6 rings (SSSR count). The molecule has 2 aromatic carbocycles. The van der Waals surface area contributed by atoms with Crippen LogP contribution in [-0.2, 0) is 17.7 Å². The van der Waals surface area contributed by atoms with Gasteiger partial charge in [0.1, 0.15) is 0 Å². The average Bonchev–Trinajstić information content (AvgIpc) is 3.34. The highest BCUT2D eigenvalue weighted by Crippen LogP contribution is 2.41. The molecule has 5 nitrogen and oxygen atoms in total. The molecule has 4 heterocycles. The number of rotatable bonds is 4. The number of aromatic nitrogens is 1. The number of nitrogens with zero attached hydrogens (tertiary/aromatic N) is 3. The van der Waals surface area contributed by atoms with Gasteiger partial charge in [-0.1, -0.05) is 36.4 Å². The van der Waals surface area contributed by atoms with E-state index in [1.54, 1.807) is 0 Å². The first-order valence-electron chi connectivity index (χ1n) is 10.8. The summed E-state index contributed by atoms with van der Waals surface area (Å²) in [5, 5.41) is 1.15.